The van der Waals surface area contributed by atoms with Crippen molar-refractivity contribution in [2.75, 3.05) is 0 Å². The van der Waals surface area contributed by atoms with E-state index in [0.29, 0.717) is 0 Å². The molecule has 0 aromatic heterocycles. The van der Waals surface area contributed by atoms with E-state index < -0.39 is 12.0 Å². The number of hydrogen-bond donors (Lipinski definition) is 3. The van der Waals surface area contributed by atoms with Gasteiger partial charge in [-0.15, -0.1) is 0 Å². The highest BCUT2D eigenvalue weighted by Gasteiger charge is 2.31. The average molecular weight is 242 g/mol. The first kappa shape index (κ1) is 13.8. The summed E-state index contributed by atoms with van der Waals surface area (Å²) in [6.45, 7) is 5.55. The first-order valence-electron chi connectivity index (χ1n) is 6.15. The number of carboxylic acid groups (broad SMARTS) is 1. The fourth-order valence-electron chi connectivity index (χ4n) is 2.25. The van der Waals surface area contributed by atoms with Crippen LogP contribution in [-0.2, 0) is 4.79 Å². The summed E-state index contributed by atoms with van der Waals surface area (Å²) in [6.07, 6.45) is 4.15. The first-order chi connectivity index (χ1) is 7.84. The smallest absolute Gasteiger partial charge is 0.326 e. The molecule has 0 spiro atoms. The summed E-state index contributed by atoms with van der Waals surface area (Å²) in [7, 11) is 0. The topological polar surface area (TPSA) is 78.4 Å². The molecule has 1 aliphatic rings. The molecule has 0 aliphatic heterocycles. The first-order valence-corrected chi connectivity index (χ1v) is 6.15. The van der Waals surface area contributed by atoms with E-state index in [-0.39, 0.29) is 17.5 Å². The lowest BCUT2D eigenvalue weighted by molar-refractivity contribution is -0.140. The Bertz CT molecular complexity index is 296. The van der Waals surface area contributed by atoms with E-state index >= 15 is 0 Å². The summed E-state index contributed by atoms with van der Waals surface area (Å²) >= 11 is 0. The third-order valence-electron chi connectivity index (χ3n) is 3.34. The highest BCUT2D eigenvalue weighted by molar-refractivity contribution is 5.83. The van der Waals surface area contributed by atoms with E-state index in [1.54, 1.807) is 13.8 Å². The molecule has 0 aromatic carbocycles. The number of carbonyl (C=O) groups excluding carboxylic acids is 1. The van der Waals surface area contributed by atoms with Gasteiger partial charge in [0.05, 0.1) is 0 Å². The third kappa shape index (κ3) is 3.91. The summed E-state index contributed by atoms with van der Waals surface area (Å²) in [5.41, 5.74) is -0.176. The highest BCUT2D eigenvalue weighted by atomic mass is 16.4. The zero-order valence-electron chi connectivity index (χ0n) is 10.7. The van der Waals surface area contributed by atoms with Gasteiger partial charge >= 0.3 is 12.0 Å². The van der Waals surface area contributed by atoms with Crippen LogP contribution in [0.25, 0.3) is 0 Å². The minimum Gasteiger partial charge on any atom is -0.480 e. The van der Waals surface area contributed by atoms with Gasteiger partial charge in [0.2, 0.25) is 0 Å². The molecule has 17 heavy (non-hydrogen) atoms. The molecule has 98 valence electrons. The van der Waals surface area contributed by atoms with E-state index in [2.05, 4.69) is 10.6 Å². The lowest BCUT2D eigenvalue weighted by Crippen LogP contribution is -2.54. The van der Waals surface area contributed by atoms with Gasteiger partial charge in [-0.05, 0) is 25.7 Å². The summed E-state index contributed by atoms with van der Waals surface area (Å²) in [5, 5.41) is 14.4. The third-order valence-corrected chi connectivity index (χ3v) is 3.34. The predicted octanol–water partition coefficient (Wildman–Crippen LogP) is 1.73. The van der Waals surface area contributed by atoms with Crippen LogP contribution in [0.4, 0.5) is 4.79 Å². The summed E-state index contributed by atoms with van der Waals surface area (Å²) in [5.74, 6) is -1.12. The monoisotopic (exact) mass is 242 g/mol. The Morgan fingerprint density at radius 1 is 1.24 bits per heavy atom. The number of aliphatic carboxylic acids is 1. The Labute approximate surface area is 102 Å². The fraction of sp³-hybridized carbons (Fsp3) is 0.833. The maximum atomic E-state index is 11.7. The van der Waals surface area contributed by atoms with Crippen molar-refractivity contribution in [1.29, 1.82) is 0 Å². The number of nitrogens with one attached hydrogen (secondary N) is 2. The molecular formula is C12H22N2O3. The van der Waals surface area contributed by atoms with Crippen LogP contribution in [0.15, 0.2) is 0 Å². The molecule has 1 fully saturated rings. The van der Waals surface area contributed by atoms with Gasteiger partial charge in [0.25, 0.3) is 0 Å². The second-order valence-corrected chi connectivity index (χ2v) is 5.43. The molecule has 2 amide bonds. The predicted molar refractivity (Wildman–Crippen MR) is 64.8 cm³/mol. The molecule has 1 atom stereocenters. The van der Waals surface area contributed by atoms with Crippen molar-refractivity contribution in [3.05, 3.63) is 0 Å². The molecule has 3 N–H and O–H groups in total. The second-order valence-electron chi connectivity index (χ2n) is 5.43. The normalized spacial score (nSPS) is 20.0. The van der Waals surface area contributed by atoms with Gasteiger partial charge in [0.1, 0.15) is 6.04 Å². The summed E-state index contributed by atoms with van der Waals surface area (Å²) in [6, 6.07) is -1.21. The van der Waals surface area contributed by atoms with E-state index in [9.17, 15) is 9.59 Å². The minimum atomic E-state index is -0.994. The Morgan fingerprint density at radius 3 is 2.18 bits per heavy atom. The molecule has 1 unspecified atom stereocenters. The van der Waals surface area contributed by atoms with Crippen LogP contribution in [0.2, 0.25) is 0 Å². The van der Waals surface area contributed by atoms with Crippen molar-refractivity contribution in [3.63, 3.8) is 0 Å². The Balaban J connectivity index is 2.50. The van der Waals surface area contributed by atoms with E-state index in [1.807, 2.05) is 6.92 Å². The number of rotatable bonds is 4. The van der Waals surface area contributed by atoms with Gasteiger partial charge in [0, 0.05) is 5.54 Å². The maximum absolute atomic E-state index is 11.7. The minimum absolute atomic E-state index is 0.130. The standard InChI is InChI=1S/C12H22N2O3/c1-8(2)9(10(15)16)13-11(17)14-12(3)6-4-5-7-12/h8-9H,4-7H2,1-3H3,(H,15,16)(H2,13,14,17). The van der Waals surface area contributed by atoms with Crippen molar-refractivity contribution >= 4 is 12.0 Å². The average Bonchev–Trinajstić information content (AvgIpc) is 2.60. The SMILES string of the molecule is CC(C)C(NC(=O)NC1(C)CCCC1)C(=O)O. The zero-order valence-corrected chi connectivity index (χ0v) is 10.7. The van der Waals surface area contributed by atoms with E-state index in [4.69, 9.17) is 5.11 Å². The van der Waals surface area contributed by atoms with Gasteiger partial charge in [-0.3, -0.25) is 0 Å². The van der Waals surface area contributed by atoms with Crippen molar-refractivity contribution in [1.82, 2.24) is 10.6 Å². The lowest BCUT2D eigenvalue weighted by Gasteiger charge is -2.27. The van der Waals surface area contributed by atoms with E-state index in [0.717, 1.165) is 25.7 Å². The van der Waals surface area contributed by atoms with Crippen molar-refractivity contribution in [3.8, 4) is 0 Å². The largest absolute Gasteiger partial charge is 0.480 e. The van der Waals surface area contributed by atoms with Gasteiger partial charge < -0.3 is 15.7 Å². The molecule has 0 bridgehead atoms. The van der Waals surface area contributed by atoms with E-state index in [1.165, 1.54) is 0 Å². The maximum Gasteiger partial charge on any atom is 0.326 e. The second kappa shape index (κ2) is 5.38. The quantitative estimate of drug-likeness (QED) is 0.702. The highest BCUT2D eigenvalue weighted by Crippen LogP contribution is 2.28. The van der Waals surface area contributed by atoms with Crippen LogP contribution in [0.3, 0.4) is 0 Å². The van der Waals surface area contributed by atoms with Crippen molar-refractivity contribution in [2.24, 2.45) is 5.92 Å². The van der Waals surface area contributed by atoms with Crippen LogP contribution >= 0.6 is 0 Å². The summed E-state index contributed by atoms with van der Waals surface area (Å²) in [4.78, 5) is 22.7. The Hall–Kier alpha value is -1.26. The number of hydrogen-bond acceptors (Lipinski definition) is 2. The van der Waals surface area contributed by atoms with Crippen molar-refractivity contribution < 1.29 is 14.7 Å². The fourth-order valence-corrected chi connectivity index (χ4v) is 2.25. The molecule has 1 aliphatic carbocycles. The van der Waals surface area contributed by atoms with Crippen LogP contribution in [-0.4, -0.2) is 28.7 Å². The molecule has 0 radical (unpaired) electrons. The molecule has 0 saturated heterocycles. The van der Waals surface area contributed by atoms with Gasteiger partial charge in [-0.2, -0.15) is 0 Å². The number of carboxylic acids is 1. The molecule has 0 aromatic rings. The van der Waals surface area contributed by atoms with Gasteiger partial charge in [-0.25, -0.2) is 9.59 Å². The number of carbonyl (C=O) groups is 2. The van der Waals surface area contributed by atoms with Crippen LogP contribution in [0, 0.1) is 5.92 Å². The van der Waals surface area contributed by atoms with Crippen LogP contribution in [0.1, 0.15) is 46.5 Å². The number of urea groups is 1. The molecule has 0 heterocycles. The number of amides is 2. The van der Waals surface area contributed by atoms with Crippen LogP contribution < -0.4 is 10.6 Å². The van der Waals surface area contributed by atoms with Gasteiger partial charge in [-0.1, -0.05) is 26.7 Å². The van der Waals surface area contributed by atoms with Crippen molar-refractivity contribution in [2.45, 2.75) is 58.0 Å². The molecular weight excluding hydrogens is 220 g/mol. The molecule has 5 nitrogen and oxygen atoms in total. The van der Waals surface area contributed by atoms with Crippen LogP contribution in [0.5, 0.6) is 0 Å². The molecule has 1 saturated carbocycles. The summed E-state index contributed by atoms with van der Waals surface area (Å²) < 4.78 is 0. The van der Waals surface area contributed by atoms with Gasteiger partial charge in [0.15, 0.2) is 0 Å². The molecule has 5 heteroatoms. The zero-order chi connectivity index (χ0) is 13.1. The Kier molecular flexibility index (Phi) is 4.37. The molecule has 1 rings (SSSR count). The Morgan fingerprint density at radius 2 is 1.76 bits per heavy atom. The lowest BCUT2D eigenvalue weighted by atomic mass is 10.0.